The first kappa shape index (κ1) is 10.2. The molecule has 3 unspecified atom stereocenters. The largest absolute Gasteiger partial charge is 0.465 e. The molecule has 13 heavy (non-hydrogen) atoms. The molecule has 1 fully saturated rings. The van der Waals surface area contributed by atoms with Gasteiger partial charge in [0.25, 0.3) is 0 Å². The lowest BCUT2D eigenvalue weighted by Gasteiger charge is -2.38. The molecule has 0 saturated carbocycles. The van der Waals surface area contributed by atoms with Gasteiger partial charge in [-0.1, -0.05) is 0 Å². The molecule has 3 N–H and O–H groups in total. The fraction of sp³-hybridized carbons (Fsp3) is 0.875. The minimum Gasteiger partial charge on any atom is -0.465 e. The van der Waals surface area contributed by atoms with E-state index in [4.69, 9.17) is 10.8 Å². The van der Waals surface area contributed by atoms with Crippen molar-refractivity contribution >= 4 is 6.09 Å². The van der Waals surface area contributed by atoms with E-state index in [1.54, 1.807) is 6.92 Å². The van der Waals surface area contributed by atoms with Crippen molar-refractivity contribution in [1.29, 1.82) is 0 Å². The standard InChI is InChI=1S/C8H15FN2O2/c1-5(10)7-6(9)3-2-4-11(7)8(12)13/h5-7H,2-4,10H2,1H3,(H,12,13). The minimum atomic E-state index is -1.12. The lowest BCUT2D eigenvalue weighted by molar-refractivity contribution is 0.0511. The SMILES string of the molecule is CC(N)C1C(F)CCCN1C(=O)O. The summed E-state index contributed by atoms with van der Waals surface area (Å²) in [5, 5.41) is 8.78. The fourth-order valence-corrected chi connectivity index (χ4v) is 1.81. The van der Waals surface area contributed by atoms with E-state index in [1.165, 1.54) is 0 Å². The highest BCUT2D eigenvalue weighted by Gasteiger charge is 2.36. The number of likely N-dealkylation sites (tertiary alicyclic amines) is 1. The highest BCUT2D eigenvalue weighted by atomic mass is 19.1. The number of nitrogens with zero attached hydrogens (tertiary/aromatic N) is 1. The topological polar surface area (TPSA) is 66.6 Å². The van der Waals surface area contributed by atoms with Crippen LogP contribution in [-0.4, -0.2) is 40.9 Å². The van der Waals surface area contributed by atoms with Gasteiger partial charge in [0.15, 0.2) is 0 Å². The molecule has 1 aliphatic rings. The van der Waals surface area contributed by atoms with Crippen LogP contribution in [0.25, 0.3) is 0 Å². The third-order valence-electron chi connectivity index (χ3n) is 2.39. The zero-order valence-electron chi connectivity index (χ0n) is 7.61. The summed E-state index contributed by atoms with van der Waals surface area (Å²) < 4.78 is 13.3. The van der Waals surface area contributed by atoms with Crippen LogP contribution in [0.15, 0.2) is 0 Å². The fourth-order valence-electron chi connectivity index (χ4n) is 1.81. The zero-order valence-corrected chi connectivity index (χ0v) is 7.61. The molecule has 1 aliphatic heterocycles. The molecule has 0 aromatic carbocycles. The second kappa shape index (κ2) is 3.91. The van der Waals surface area contributed by atoms with Crippen LogP contribution in [0.1, 0.15) is 19.8 Å². The number of hydrogen-bond donors (Lipinski definition) is 2. The Morgan fingerprint density at radius 1 is 1.77 bits per heavy atom. The van der Waals surface area contributed by atoms with Crippen molar-refractivity contribution < 1.29 is 14.3 Å². The van der Waals surface area contributed by atoms with E-state index in [9.17, 15) is 9.18 Å². The molecule has 0 aliphatic carbocycles. The summed E-state index contributed by atoms with van der Waals surface area (Å²) in [4.78, 5) is 11.8. The molecule has 0 radical (unpaired) electrons. The number of carbonyl (C=O) groups is 1. The highest BCUT2D eigenvalue weighted by Crippen LogP contribution is 2.22. The van der Waals surface area contributed by atoms with E-state index in [0.717, 1.165) is 4.90 Å². The van der Waals surface area contributed by atoms with Crippen LogP contribution in [0.4, 0.5) is 9.18 Å². The first-order valence-electron chi connectivity index (χ1n) is 4.43. The first-order valence-corrected chi connectivity index (χ1v) is 4.43. The van der Waals surface area contributed by atoms with Gasteiger partial charge in [0, 0.05) is 12.6 Å². The average molecular weight is 190 g/mol. The number of amides is 1. The van der Waals surface area contributed by atoms with Crippen molar-refractivity contribution in [3.63, 3.8) is 0 Å². The molecule has 1 rings (SSSR count). The number of hydrogen-bond acceptors (Lipinski definition) is 2. The summed E-state index contributed by atoms with van der Waals surface area (Å²) in [7, 11) is 0. The number of piperidine rings is 1. The van der Waals surface area contributed by atoms with E-state index in [2.05, 4.69) is 0 Å². The maximum atomic E-state index is 13.3. The molecular weight excluding hydrogens is 175 g/mol. The minimum absolute atomic E-state index is 0.391. The molecule has 0 aromatic heterocycles. The maximum Gasteiger partial charge on any atom is 0.407 e. The molecular formula is C8H15FN2O2. The van der Waals surface area contributed by atoms with Crippen molar-refractivity contribution in [1.82, 2.24) is 4.90 Å². The van der Waals surface area contributed by atoms with Crippen LogP contribution in [0.2, 0.25) is 0 Å². The zero-order chi connectivity index (χ0) is 10.0. The molecule has 1 amide bonds. The van der Waals surface area contributed by atoms with Crippen LogP contribution in [0.5, 0.6) is 0 Å². The number of carboxylic acid groups (broad SMARTS) is 1. The van der Waals surface area contributed by atoms with E-state index in [-0.39, 0.29) is 0 Å². The Morgan fingerprint density at radius 3 is 2.77 bits per heavy atom. The van der Waals surface area contributed by atoms with E-state index in [0.29, 0.717) is 19.4 Å². The molecule has 1 heterocycles. The Kier molecular flexibility index (Phi) is 3.08. The Bertz CT molecular complexity index is 199. The van der Waals surface area contributed by atoms with Crippen molar-refractivity contribution in [2.75, 3.05) is 6.54 Å². The summed E-state index contributed by atoms with van der Waals surface area (Å²) in [5.41, 5.74) is 5.54. The molecule has 3 atom stereocenters. The van der Waals surface area contributed by atoms with Gasteiger partial charge < -0.3 is 15.7 Å². The molecule has 1 saturated heterocycles. The summed E-state index contributed by atoms with van der Waals surface area (Å²) in [6.07, 6.45) is -1.21. The van der Waals surface area contributed by atoms with Gasteiger partial charge in [-0.15, -0.1) is 0 Å². The van der Waals surface area contributed by atoms with Crippen LogP contribution in [0, 0.1) is 0 Å². The third-order valence-corrected chi connectivity index (χ3v) is 2.39. The monoisotopic (exact) mass is 190 g/mol. The Balaban J connectivity index is 2.74. The Labute approximate surface area is 76.5 Å². The van der Waals surface area contributed by atoms with E-state index >= 15 is 0 Å². The van der Waals surface area contributed by atoms with Gasteiger partial charge >= 0.3 is 6.09 Å². The van der Waals surface area contributed by atoms with Gasteiger partial charge in [-0.25, -0.2) is 9.18 Å². The van der Waals surface area contributed by atoms with Gasteiger partial charge in [-0.3, -0.25) is 0 Å². The van der Waals surface area contributed by atoms with Gasteiger partial charge in [0.05, 0.1) is 6.04 Å². The smallest absolute Gasteiger partial charge is 0.407 e. The second-order valence-corrected chi connectivity index (χ2v) is 3.48. The van der Waals surface area contributed by atoms with Gasteiger partial charge in [-0.05, 0) is 19.8 Å². The first-order chi connectivity index (χ1) is 6.04. The Morgan fingerprint density at radius 2 is 2.38 bits per heavy atom. The van der Waals surface area contributed by atoms with E-state index < -0.39 is 24.3 Å². The summed E-state index contributed by atoms with van der Waals surface area (Å²) >= 11 is 0. The number of nitrogens with two attached hydrogens (primary N) is 1. The lowest BCUT2D eigenvalue weighted by atomic mass is 9.95. The van der Waals surface area contributed by atoms with Gasteiger partial charge in [0.2, 0.25) is 0 Å². The lowest BCUT2D eigenvalue weighted by Crippen LogP contribution is -2.56. The predicted molar refractivity (Wildman–Crippen MR) is 46.3 cm³/mol. The van der Waals surface area contributed by atoms with Crippen molar-refractivity contribution in [3.05, 3.63) is 0 Å². The third kappa shape index (κ3) is 2.09. The van der Waals surface area contributed by atoms with Crippen molar-refractivity contribution in [2.24, 2.45) is 5.73 Å². The van der Waals surface area contributed by atoms with Crippen molar-refractivity contribution in [3.8, 4) is 0 Å². The van der Waals surface area contributed by atoms with Crippen LogP contribution < -0.4 is 5.73 Å². The van der Waals surface area contributed by atoms with Crippen LogP contribution >= 0.6 is 0 Å². The molecule has 0 bridgehead atoms. The highest BCUT2D eigenvalue weighted by molar-refractivity contribution is 5.65. The van der Waals surface area contributed by atoms with Gasteiger partial charge in [0.1, 0.15) is 6.17 Å². The number of halogens is 1. The number of alkyl halides is 1. The molecule has 0 spiro atoms. The maximum absolute atomic E-state index is 13.3. The van der Waals surface area contributed by atoms with Crippen molar-refractivity contribution in [2.45, 2.75) is 38.0 Å². The molecule has 0 aromatic rings. The molecule has 4 nitrogen and oxygen atoms in total. The van der Waals surface area contributed by atoms with Gasteiger partial charge in [-0.2, -0.15) is 0 Å². The average Bonchev–Trinajstić information content (AvgIpc) is 2.02. The normalized spacial score (nSPS) is 31.5. The summed E-state index contributed by atoms with van der Waals surface area (Å²) in [5.74, 6) is 0. The summed E-state index contributed by atoms with van der Waals surface area (Å²) in [6.45, 7) is 2.03. The quantitative estimate of drug-likeness (QED) is 0.643. The van der Waals surface area contributed by atoms with Crippen LogP contribution in [0.3, 0.4) is 0 Å². The Hall–Kier alpha value is -0.840. The molecule has 5 heteroatoms. The second-order valence-electron chi connectivity index (χ2n) is 3.48. The number of rotatable bonds is 1. The molecule has 76 valence electrons. The van der Waals surface area contributed by atoms with Crippen LogP contribution in [-0.2, 0) is 0 Å². The van der Waals surface area contributed by atoms with E-state index in [1.807, 2.05) is 0 Å². The summed E-state index contributed by atoms with van der Waals surface area (Å²) in [6, 6.07) is -1.13. The predicted octanol–water partition coefficient (Wildman–Crippen LogP) is 0.814.